The van der Waals surface area contributed by atoms with Gasteiger partial charge >= 0.3 is 0 Å². The van der Waals surface area contributed by atoms with Gasteiger partial charge in [0.25, 0.3) is 0 Å². The lowest BCUT2D eigenvalue weighted by Gasteiger charge is -2.43. The van der Waals surface area contributed by atoms with Crippen LogP contribution in [0.15, 0.2) is 59.1 Å². The fourth-order valence-electron chi connectivity index (χ4n) is 6.51. The van der Waals surface area contributed by atoms with E-state index in [9.17, 15) is 9.59 Å². The minimum atomic E-state index is -0.0437. The first-order chi connectivity index (χ1) is 19.5. The van der Waals surface area contributed by atoms with Gasteiger partial charge in [0.15, 0.2) is 17.3 Å². The van der Waals surface area contributed by atoms with E-state index in [1.165, 1.54) is 12.8 Å². The molecule has 3 aliphatic rings. The van der Waals surface area contributed by atoms with Crippen molar-refractivity contribution in [2.45, 2.75) is 25.8 Å². The molecule has 1 N–H and O–H groups in total. The third-order valence-electron chi connectivity index (χ3n) is 8.81. The van der Waals surface area contributed by atoms with E-state index < -0.39 is 0 Å². The highest BCUT2D eigenvalue weighted by Gasteiger charge is 2.35. The Hall–Kier alpha value is -4.01. The summed E-state index contributed by atoms with van der Waals surface area (Å²) in [7, 11) is 2.20. The Morgan fingerprint density at radius 3 is 2.35 bits per heavy atom. The summed E-state index contributed by atoms with van der Waals surface area (Å²) >= 11 is 0. The van der Waals surface area contributed by atoms with Gasteiger partial charge in [-0.3, -0.25) is 14.5 Å². The van der Waals surface area contributed by atoms with Crippen molar-refractivity contribution in [2.75, 3.05) is 56.5 Å². The van der Waals surface area contributed by atoms with Crippen molar-refractivity contribution in [3.8, 4) is 11.3 Å². The lowest BCUT2D eigenvalue weighted by molar-refractivity contribution is 0.101. The van der Waals surface area contributed by atoms with E-state index in [4.69, 9.17) is 4.52 Å². The summed E-state index contributed by atoms with van der Waals surface area (Å²) in [5.74, 6) is 0.616. The molecule has 3 aromatic carbocycles. The summed E-state index contributed by atoms with van der Waals surface area (Å²) in [6, 6.07) is 17.6. The molecule has 2 saturated heterocycles. The van der Waals surface area contributed by atoms with Gasteiger partial charge in [-0.2, -0.15) is 0 Å². The molecular formula is C32H33N5O3. The Morgan fingerprint density at radius 2 is 1.65 bits per heavy atom. The molecule has 0 atom stereocenters. The summed E-state index contributed by atoms with van der Waals surface area (Å²) < 4.78 is 5.97. The summed E-state index contributed by atoms with van der Waals surface area (Å²) in [6.45, 7) is 7.65. The van der Waals surface area contributed by atoms with Crippen LogP contribution in [0.3, 0.4) is 0 Å². The number of nitrogens with zero attached hydrogens (tertiary/aromatic N) is 4. The van der Waals surface area contributed by atoms with Gasteiger partial charge in [0.05, 0.1) is 22.3 Å². The molecule has 3 heterocycles. The topological polar surface area (TPSA) is 81.9 Å². The molecule has 2 aliphatic heterocycles. The zero-order chi connectivity index (χ0) is 27.4. The molecule has 0 saturated carbocycles. The molecule has 1 aromatic heterocycles. The summed E-state index contributed by atoms with van der Waals surface area (Å²) in [5, 5.41) is 8.80. The fraction of sp³-hybridized carbons (Fsp3) is 0.344. The maximum atomic E-state index is 13.9. The van der Waals surface area contributed by atoms with E-state index >= 15 is 0 Å². The smallest absolute Gasteiger partial charge is 0.196 e. The van der Waals surface area contributed by atoms with Crippen LogP contribution in [-0.4, -0.2) is 78.9 Å². The number of piperazine rings is 1. The Kier molecular flexibility index (Phi) is 6.17. The summed E-state index contributed by atoms with van der Waals surface area (Å²) in [4.78, 5) is 33.1. The molecule has 204 valence electrons. The third-order valence-corrected chi connectivity index (χ3v) is 8.81. The van der Waals surface area contributed by atoms with Gasteiger partial charge in [-0.15, -0.1) is 0 Å². The molecule has 1 aliphatic carbocycles. The van der Waals surface area contributed by atoms with Crippen LogP contribution in [0.5, 0.6) is 0 Å². The van der Waals surface area contributed by atoms with E-state index in [0.717, 1.165) is 72.8 Å². The average molecular weight is 536 g/mol. The van der Waals surface area contributed by atoms with E-state index in [0.29, 0.717) is 28.5 Å². The van der Waals surface area contributed by atoms with E-state index in [1.807, 2.05) is 36.4 Å². The maximum absolute atomic E-state index is 13.9. The van der Waals surface area contributed by atoms with Crippen molar-refractivity contribution in [3.05, 3.63) is 71.3 Å². The number of hydrogen-bond acceptors (Lipinski definition) is 8. The van der Waals surface area contributed by atoms with Crippen molar-refractivity contribution in [1.82, 2.24) is 15.0 Å². The van der Waals surface area contributed by atoms with Gasteiger partial charge in [0.2, 0.25) is 0 Å². The predicted octanol–water partition coefficient (Wildman–Crippen LogP) is 5.20. The molecule has 40 heavy (non-hydrogen) atoms. The predicted molar refractivity (Wildman–Crippen MR) is 157 cm³/mol. The van der Waals surface area contributed by atoms with Crippen molar-refractivity contribution < 1.29 is 14.1 Å². The van der Waals surface area contributed by atoms with Crippen LogP contribution in [0.2, 0.25) is 0 Å². The van der Waals surface area contributed by atoms with Crippen molar-refractivity contribution in [1.29, 1.82) is 0 Å². The van der Waals surface area contributed by atoms with Gasteiger partial charge < -0.3 is 19.6 Å². The van der Waals surface area contributed by atoms with Crippen LogP contribution in [0.1, 0.15) is 46.0 Å². The Balaban J connectivity index is 1.28. The van der Waals surface area contributed by atoms with E-state index in [2.05, 4.69) is 38.3 Å². The molecule has 0 unspecified atom stereocenters. The second kappa shape index (κ2) is 9.87. The molecule has 0 spiro atoms. The number of hydrogen-bond donors (Lipinski definition) is 1. The number of benzene rings is 3. The zero-order valence-electron chi connectivity index (χ0n) is 22.9. The minimum Gasteiger partial charge on any atom is -0.367 e. The number of ketones is 2. The quantitative estimate of drug-likeness (QED) is 0.308. The molecular weight excluding hydrogens is 502 g/mol. The molecule has 8 nitrogen and oxygen atoms in total. The Bertz CT molecular complexity index is 1610. The molecule has 4 aromatic rings. The summed E-state index contributed by atoms with van der Waals surface area (Å²) in [6.07, 6.45) is 2.44. The number of carbonyl (C=O) groups excluding carboxylic acids is 2. The number of anilines is 3. The first-order valence-corrected chi connectivity index (χ1v) is 14.1. The number of Topliss-reactive ketones (excluding diaryl/α,β-unsaturated/α-hetero) is 1. The number of rotatable bonds is 5. The van der Waals surface area contributed by atoms with Crippen molar-refractivity contribution in [2.24, 2.45) is 0 Å². The highest BCUT2D eigenvalue weighted by Crippen LogP contribution is 2.46. The average Bonchev–Trinajstić information content (AvgIpc) is 3.42. The second-order valence-corrected chi connectivity index (χ2v) is 11.2. The number of carbonyl (C=O) groups is 2. The Morgan fingerprint density at radius 1 is 0.950 bits per heavy atom. The maximum Gasteiger partial charge on any atom is 0.196 e. The van der Waals surface area contributed by atoms with Gasteiger partial charge in [-0.1, -0.05) is 29.4 Å². The van der Waals surface area contributed by atoms with Gasteiger partial charge in [-0.05, 0) is 70.2 Å². The van der Waals surface area contributed by atoms with Crippen LogP contribution in [0.4, 0.5) is 17.1 Å². The third kappa shape index (κ3) is 4.19. The van der Waals surface area contributed by atoms with Crippen molar-refractivity contribution in [3.63, 3.8) is 0 Å². The number of aromatic nitrogens is 1. The van der Waals surface area contributed by atoms with E-state index in [1.54, 1.807) is 19.1 Å². The van der Waals surface area contributed by atoms with Crippen molar-refractivity contribution >= 4 is 39.5 Å². The molecule has 0 radical (unpaired) electrons. The van der Waals surface area contributed by atoms with Crippen LogP contribution < -0.4 is 10.2 Å². The van der Waals surface area contributed by atoms with Crippen LogP contribution in [0.25, 0.3) is 22.2 Å². The highest BCUT2D eigenvalue weighted by molar-refractivity contribution is 6.28. The second-order valence-electron chi connectivity index (χ2n) is 11.2. The molecule has 7 rings (SSSR count). The van der Waals surface area contributed by atoms with Crippen LogP contribution in [-0.2, 0) is 0 Å². The number of nitrogens with one attached hydrogen (secondary N) is 1. The molecule has 0 amide bonds. The SMILES string of the molecule is CC(=O)c1ccc(Nc2cc(N3CCN(C4CCN(C)CC4)CC3)c3noc4c3c2C(=O)c2ccccc2-4)cc1. The fourth-order valence-corrected chi connectivity index (χ4v) is 6.51. The molecule has 2 fully saturated rings. The van der Waals surface area contributed by atoms with E-state index in [-0.39, 0.29) is 11.6 Å². The Labute approximate surface area is 233 Å². The van der Waals surface area contributed by atoms with Gasteiger partial charge in [-0.25, -0.2) is 0 Å². The number of piperidine rings is 1. The largest absolute Gasteiger partial charge is 0.367 e. The highest BCUT2D eigenvalue weighted by atomic mass is 16.5. The monoisotopic (exact) mass is 535 g/mol. The number of fused-ring (bicyclic) bond motifs is 2. The van der Waals surface area contributed by atoms with Crippen LogP contribution >= 0.6 is 0 Å². The van der Waals surface area contributed by atoms with Gasteiger partial charge in [0, 0.05) is 54.6 Å². The summed E-state index contributed by atoms with van der Waals surface area (Å²) in [5.41, 5.74) is 5.87. The molecule has 0 bridgehead atoms. The zero-order valence-corrected chi connectivity index (χ0v) is 22.9. The standard InChI is InChI=1S/C32H33N5O3/c1-20(38)21-7-9-22(10-8-21)33-26-19-27(37-17-15-36(16-18-37)23-11-13-35(2)14-12-23)30-29-28(26)31(39)24-5-3-4-6-25(24)32(29)40-34-30/h3-10,19,23,33H,11-18H2,1-2H3. The minimum absolute atomic E-state index is 0.0191. The lowest BCUT2D eigenvalue weighted by atomic mass is 9.86. The molecule has 8 heteroatoms. The first-order valence-electron chi connectivity index (χ1n) is 14.1. The normalized spacial score (nSPS) is 18.2. The van der Waals surface area contributed by atoms with Crippen LogP contribution in [0, 0.1) is 0 Å². The lowest BCUT2D eigenvalue weighted by Crippen LogP contribution is -2.53. The number of likely N-dealkylation sites (tertiary alicyclic amines) is 1. The first kappa shape index (κ1) is 25.0. The van der Waals surface area contributed by atoms with Gasteiger partial charge in [0.1, 0.15) is 5.52 Å².